The molecule has 0 aliphatic rings. The van der Waals surface area contributed by atoms with Crippen LogP contribution in [-0.2, 0) is 4.79 Å². The fraction of sp³-hybridized carbons (Fsp3) is 0.188. The Kier molecular flexibility index (Phi) is 4.25. The molecule has 104 valence electrons. The Balaban J connectivity index is 2.01. The van der Waals surface area contributed by atoms with Crippen LogP contribution in [0.5, 0.6) is 11.5 Å². The van der Waals surface area contributed by atoms with Gasteiger partial charge in [0.15, 0.2) is 0 Å². The highest BCUT2D eigenvalue weighted by atomic mass is 16.5. The van der Waals surface area contributed by atoms with Crippen molar-refractivity contribution >= 4 is 11.7 Å². The molecule has 4 nitrogen and oxygen atoms in total. The molecule has 0 spiro atoms. The van der Waals surface area contributed by atoms with Gasteiger partial charge in [0, 0.05) is 5.69 Å². The summed E-state index contributed by atoms with van der Waals surface area (Å²) in [6.45, 7) is 3.62. The van der Waals surface area contributed by atoms with Crippen LogP contribution in [0.4, 0.5) is 5.69 Å². The summed E-state index contributed by atoms with van der Waals surface area (Å²) in [7, 11) is 0. The van der Waals surface area contributed by atoms with E-state index in [2.05, 4.69) is 5.32 Å². The molecule has 0 bridgehead atoms. The first-order valence-corrected chi connectivity index (χ1v) is 6.38. The molecule has 0 saturated heterocycles. The normalized spacial score (nSPS) is 11.7. The van der Waals surface area contributed by atoms with E-state index in [0.717, 1.165) is 11.4 Å². The maximum absolute atomic E-state index is 10.8. The molecule has 0 aliphatic heterocycles. The van der Waals surface area contributed by atoms with E-state index in [1.807, 2.05) is 31.2 Å². The molecule has 0 aliphatic carbocycles. The van der Waals surface area contributed by atoms with Gasteiger partial charge in [-0.1, -0.05) is 17.7 Å². The Labute approximate surface area is 118 Å². The van der Waals surface area contributed by atoms with Crippen molar-refractivity contribution in [2.45, 2.75) is 19.9 Å². The van der Waals surface area contributed by atoms with Crippen LogP contribution < -0.4 is 10.1 Å². The first kappa shape index (κ1) is 13.9. The molecule has 0 aromatic heterocycles. The van der Waals surface area contributed by atoms with Crippen LogP contribution in [0, 0.1) is 6.92 Å². The van der Waals surface area contributed by atoms with Crippen LogP contribution in [0.25, 0.3) is 0 Å². The number of aryl methyl sites for hydroxylation is 1. The summed E-state index contributed by atoms with van der Waals surface area (Å²) in [5, 5.41) is 11.7. The SMILES string of the molecule is Cc1ccc(Oc2ccc(NC(C)C(=O)O)cc2)cc1. The minimum Gasteiger partial charge on any atom is -0.480 e. The van der Waals surface area contributed by atoms with Crippen LogP contribution in [0.2, 0.25) is 0 Å². The molecule has 4 heteroatoms. The smallest absolute Gasteiger partial charge is 0.325 e. The van der Waals surface area contributed by atoms with Crippen molar-refractivity contribution < 1.29 is 14.6 Å². The molecule has 0 saturated carbocycles. The van der Waals surface area contributed by atoms with E-state index in [1.54, 1.807) is 31.2 Å². The van der Waals surface area contributed by atoms with Crippen molar-refractivity contribution in [3.05, 3.63) is 54.1 Å². The predicted octanol–water partition coefficient (Wildman–Crippen LogP) is 3.67. The van der Waals surface area contributed by atoms with Gasteiger partial charge in [0.25, 0.3) is 0 Å². The third-order valence-corrected chi connectivity index (χ3v) is 2.86. The van der Waals surface area contributed by atoms with Crippen molar-refractivity contribution in [3.63, 3.8) is 0 Å². The number of carboxylic acid groups (broad SMARTS) is 1. The van der Waals surface area contributed by atoms with Crippen LogP contribution >= 0.6 is 0 Å². The lowest BCUT2D eigenvalue weighted by Gasteiger charge is -2.11. The Bertz CT molecular complexity index is 576. The number of aliphatic carboxylic acids is 1. The van der Waals surface area contributed by atoms with E-state index < -0.39 is 12.0 Å². The third kappa shape index (κ3) is 3.75. The van der Waals surface area contributed by atoms with Gasteiger partial charge in [-0.05, 0) is 50.2 Å². The van der Waals surface area contributed by atoms with Gasteiger partial charge >= 0.3 is 5.97 Å². The molecule has 0 fully saturated rings. The summed E-state index contributed by atoms with van der Waals surface area (Å²) < 4.78 is 5.70. The highest BCUT2D eigenvalue weighted by molar-refractivity contribution is 5.76. The first-order valence-electron chi connectivity index (χ1n) is 6.38. The molecular formula is C16H17NO3. The number of rotatable bonds is 5. The number of hydrogen-bond acceptors (Lipinski definition) is 3. The van der Waals surface area contributed by atoms with Gasteiger partial charge in [-0.3, -0.25) is 4.79 Å². The van der Waals surface area contributed by atoms with Crippen LogP contribution in [-0.4, -0.2) is 17.1 Å². The molecule has 2 N–H and O–H groups in total. The minimum absolute atomic E-state index is 0.626. The molecule has 2 rings (SSSR count). The van der Waals surface area contributed by atoms with Gasteiger partial charge < -0.3 is 15.2 Å². The average molecular weight is 271 g/mol. The zero-order valence-corrected chi connectivity index (χ0v) is 11.5. The fourth-order valence-corrected chi connectivity index (χ4v) is 1.67. The number of nitrogens with one attached hydrogen (secondary N) is 1. The van der Waals surface area contributed by atoms with Gasteiger partial charge in [-0.25, -0.2) is 0 Å². The zero-order chi connectivity index (χ0) is 14.5. The van der Waals surface area contributed by atoms with Gasteiger partial charge in [0.05, 0.1) is 0 Å². The summed E-state index contributed by atoms with van der Waals surface area (Å²) >= 11 is 0. The van der Waals surface area contributed by atoms with E-state index in [9.17, 15) is 4.79 Å². The minimum atomic E-state index is -0.884. The lowest BCUT2D eigenvalue weighted by atomic mass is 10.2. The molecule has 1 atom stereocenters. The summed E-state index contributed by atoms with van der Waals surface area (Å²) in [5.41, 5.74) is 1.93. The quantitative estimate of drug-likeness (QED) is 0.871. The van der Waals surface area contributed by atoms with E-state index in [4.69, 9.17) is 9.84 Å². The second kappa shape index (κ2) is 6.10. The Morgan fingerprint density at radius 2 is 1.55 bits per heavy atom. The number of hydrogen-bond donors (Lipinski definition) is 2. The summed E-state index contributed by atoms with van der Waals surface area (Å²) in [6, 6.07) is 14.4. The van der Waals surface area contributed by atoms with Gasteiger partial charge in [-0.15, -0.1) is 0 Å². The van der Waals surface area contributed by atoms with E-state index in [1.165, 1.54) is 5.56 Å². The van der Waals surface area contributed by atoms with Crippen LogP contribution in [0.15, 0.2) is 48.5 Å². The van der Waals surface area contributed by atoms with Gasteiger partial charge in [0.2, 0.25) is 0 Å². The monoisotopic (exact) mass is 271 g/mol. The highest BCUT2D eigenvalue weighted by Gasteiger charge is 2.09. The van der Waals surface area contributed by atoms with Gasteiger partial charge in [-0.2, -0.15) is 0 Å². The van der Waals surface area contributed by atoms with E-state index >= 15 is 0 Å². The van der Waals surface area contributed by atoms with Crippen molar-refractivity contribution in [1.82, 2.24) is 0 Å². The molecule has 0 amide bonds. The van der Waals surface area contributed by atoms with Crippen molar-refractivity contribution in [3.8, 4) is 11.5 Å². The topological polar surface area (TPSA) is 58.6 Å². The number of benzene rings is 2. The number of carboxylic acids is 1. The molecule has 1 unspecified atom stereocenters. The number of carbonyl (C=O) groups is 1. The molecule has 0 radical (unpaired) electrons. The highest BCUT2D eigenvalue weighted by Crippen LogP contribution is 2.23. The number of ether oxygens (including phenoxy) is 1. The molecule has 2 aromatic rings. The third-order valence-electron chi connectivity index (χ3n) is 2.86. The lowest BCUT2D eigenvalue weighted by Crippen LogP contribution is -2.25. The molecule has 0 heterocycles. The van der Waals surface area contributed by atoms with Crippen molar-refractivity contribution in [2.75, 3.05) is 5.32 Å². The largest absolute Gasteiger partial charge is 0.480 e. The molecule has 20 heavy (non-hydrogen) atoms. The Morgan fingerprint density at radius 1 is 1.05 bits per heavy atom. The Morgan fingerprint density at radius 3 is 2.05 bits per heavy atom. The summed E-state index contributed by atoms with van der Waals surface area (Å²) in [6.07, 6.45) is 0. The van der Waals surface area contributed by atoms with Gasteiger partial charge in [0.1, 0.15) is 17.5 Å². The van der Waals surface area contributed by atoms with Crippen molar-refractivity contribution in [1.29, 1.82) is 0 Å². The van der Waals surface area contributed by atoms with Crippen LogP contribution in [0.1, 0.15) is 12.5 Å². The standard InChI is InChI=1S/C16H17NO3/c1-11-3-7-14(8-4-11)20-15-9-5-13(6-10-15)17-12(2)16(18)19/h3-10,12,17H,1-2H3,(H,18,19). The first-order chi connectivity index (χ1) is 9.54. The second-order valence-corrected chi connectivity index (χ2v) is 4.64. The second-order valence-electron chi connectivity index (χ2n) is 4.64. The Hall–Kier alpha value is -2.49. The molecular weight excluding hydrogens is 254 g/mol. The maximum Gasteiger partial charge on any atom is 0.325 e. The van der Waals surface area contributed by atoms with Crippen molar-refractivity contribution in [2.24, 2.45) is 0 Å². The summed E-state index contributed by atoms with van der Waals surface area (Å²) in [5.74, 6) is 0.600. The van der Waals surface area contributed by atoms with E-state index in [-0.39, 0.29) is 0 Å². The average Bonchev–Trinajstić information content (AvgIpc) is 2.43. The number of anilines is 1. The van der Waals surface area contributed by atoms with E-state index in [0.29, 0.717) is 5.75 Å². The predicted molar refractivity (Wildman–Crippen MR) is 78.4 cm³/mol. The lowest BCUT2D eigenvalue weighted by molar-refractivity contribution is -0.137. The van der Waals surface area contributed by atoms with Crippen LogP contribution in [0.3, 0.4) is 0 Å². The fourth-order valence-electron chi connectivity index (χ4n) is 1.67. The maximum atomic E-state index is 10.8. The molecule has 2 aromatic carbocycles. The zero-order valence-electron chi connectivity index (χ0n) is 11.5. The summed E-state index contributed by atoms with van der Waals surface area (Å²) in [4.78, 5) is 10.8.